The molecule has 0 aliphatic rings. The molecule has 0 spiro atoms. The summed E-state index contributed by atoms with van der Waals surface area (Å²) in [5.41, 5.74) is 0.841. The quantitative estimate of drug-likeness (QED) is 0.539. The molecule has 7 nitrogen and oxygen atoms in total. The van der Waals surface area contributed by atoms with Crippen molar-refractivity contribution in [2.45, 2.75) is 19.6 Å². The van der Waals surface area contributed by atoms with Crippen LogP contribution in [0.3, 0.4) is 0 Å². The Kier molecular flexibility index (Phi) is 7.15. The highest BCUT2D eigenvalue weighted by atomic mass is 32.1. The lowest BCUT2D eigenvalue weighted by Crippen LogP contribution is -2.33. The van der Waals surface area contributed by atoms with Crippen molar-refractivity contribution < 1.29 is 14.3 Å². The van der Waals surface area contributed by atoms with Crippen LogP contribution >= 0.6 is 11.3 Å². The number of ether oxygens (including phenoxy) is 2. The average Bonchev–Trinajstić information content (AvgIpc) is 3.25. The molecule has 0 aliphatic heterocycles. The predicted molar refractivity (Wildman–Crippen MR) is 111 cm³/mol. The molecule has 1 aromatic carbocycles. The van der Waals surface area contributed by atoms with Crippen LogP contribution in [0.4, 0.5) is 0 Å². The van der Waals surface area contributed by atoms with E-state index in [-0.39, 0.29) is 23.7 Å². The number of nitrogens with zero attached hydrogens (tertiary/aromatic N) is 3. The first-order valence-electron chi connectivity index (χ1n) is 9.13. The molecule has 0 aliphatic carbocycles. The smallest absolute Gasteiger partial charge is 0.274 e. The minimum absolute atomic E-state index is 0.215. The van der Waals surface area contributed by atoms with Crippen molar-refractivity contribution in [2.75, 3.05) is 20.8 Å². The number of carbonyl (C=O) groups excluding carboxylic acids is 1. The summed E-state index contributed by atoms with van der Waals surface area (Å²) >= 11 is 1.58. The van der Waals surface area contributed by atoms with E-state index in [1.165, 1.54) is 16.8 Å². The van der Waals surface area contributed by atoms with Gasteiger partial charge in [0.25, 0.3) is 11.5 Å². The summed E-state index contributed by atoms with van der Waals surface area (Å²) in [6.07, 6.45) is 0. The van der Waals surface area contributed by atoms with Gasteiger partial charge in [0.05, 0.1) is 33.4 Å². The molecule has 8 heteroatoms. The van der Waals surface area contributed by atoms with Crippen molar-refractivity contribution in [3.63, 3.8) is 0 Å². The van der Waals surface area contributed by atoms with E-state index in [4.69, 9.17) is 9.47 Å². The normalized spacial score (nSPS) is 10.7. The van der Waals surface area contributed by atoms with Crippen molar-refractivity contribution in [2.24, 2.45) is 0 Å². The summed E-state index contributed by atoms with van der Waals surface area (Å²) in [4.78, 5) is 28.1. The Morgan fingerprint density at radius 2 is 1.93 bits per heavy atom. The molecule has 2 aromatic heterocycles. The lowest BCUT2D eigenvalue weighted by Gasteiger charge is -2.23. The Bertz CT molecular complexity index is 1000. The molecule has 0 saturated carbocycles. The van der Waals surface area contributed by atoms with Gasteiger partial charge in [0.2, 0.25) is 0 Å². The molecule has 0 bridgehead atoms. The van der Waals surface area contributed by atoms with E-state index in [0.717, 1.165) is 16.2 Å². The topological polar surface area (TPSA) is 73.7 Å². The van der Waals surface area contributed by atoms with Crippen molar-refractivity contribution in [1.29, 1.82) is 0 Å². The number of hydrogen-bond acceptors (Lipinski definition) is 6. The van der Waals surface area contributed by atoms with E-state index < -0.39 is 0 Å². The summed E-state index contributed by atoms with van der Waals surface area (Å²) in [6.45, 7) is 1.42. The van der Waals surface area contributed by atoms with Crippen molar-refractivity contribution in [3.8, 4) is 5.75 Å². The van der Waals surface area contributed by atoms with Gasteiger partial charge in [-0.05, 0) is 23.6 Å². The van der Waals surface area contributed by atoms with E-state index in [1.54, 1.807) is 30.5 Å². The van der Waals surface area contributed by atoms with E-state index in [2.05, 4.69) is 5.10 Å². The third kappa shape index (κ3) is 5.30. The minimum atomic E-state index is -0.270. The fourth-order valence-electron chi connectivity index (χ4n) is 2.89. The zero-order valence-corrected chi connectivity index (χ0v) is 17.2. The highest BCUT2D eigenvalue weighted by Crippen LogP contribution is 2.22. The third-order valence-corrected chi connectivity index (χ3v) is 5.22. The molecule has 152 valence electrons. The van der Waals surface area contributed by atoms with Gasteiger partial charge < -0.3 is 14.4 Å². The van der Waals surface area contributed by atoms with Gasteiger partial charge in [-0.25, -0.2) is 4.68 Å². The van der Waals surface area contributed by atoms with E-state index in [0.29, 0.717) is 19.7 Å². The number of rotatable bonds is 9. The fourth-order valence-corrected chi connectivity index (χ4v) is 3.61. The summed E-state index contributed by atoms with van der Waals surface area (Å²) in [5.74, 6) is 0.463. The summed E-state index contributed by atoms with van der Waals surface area (Å²) in [6, 6.07) is 14.4. The fraction of sp³-hybridized carbons (Fsp3) is 0.286. The number of methoxy groups -OCH3 is 2. The Labute approximate surface area is 173 Å². The van der Waals surface area contributed by atoms with Crippen LogP contribution in [0.2, 0.25) is 0 Å². The van der Waals surface area contributed by atoms with Gasteiger partial charge in [-0.15, -0.1) is 11.3 Å². The number of para-hydroxylation sites is 1. The molecule has 0 N–H and O–H groups in total. The predicted octanol–water partition coefficient (Wildman–Crippen LogP) is 2.80. The second-order valence-electron chi connectivity index (χ2n) is 6.33. The van der Waals surface area contributed by atoms with Gasteiger partial charge >= 0.3 is 0 Å². The van der Waals surface area contributed by atoms with Crippen LogP contribution in [0.1, 0.15) is 20.9 Å². The second kappa shape index (κ2) is 9.99. The van der Waals surface area contributed by atoms with Gasteiger partial charge in [-0.1, -0.05) is 24.3 Å². The van der Waals surface area contributed by atoms with Gasteiger partial charge in [0.15, 0.2) is 0 Å². The lowest BCUT2D eigenvalue weighted by atomic mass is 10.1. The molecular weight excluding hydrogens is 390 g/mol. The second-order valence-corrected chi connectivity index (χ2v) is 7.36. The molecule has 0 fully saturated rings. The Morgan fingerprint density at radius 1 is 1.10 bits per heavy atom. The molecular formula is C21H23N3O4S. The number of thiophene rings is 1. The van der Waals surface area contributed by atoms with Crippen molar-refractivity contribution >= 4 is 17.2 Å². The zero-order valence-electron chi connectivity index (χ0n) is 16.4. The molecule has 3 aromatic rings. The largest absolute Gasteiger partial charge is 0.496 e. The van der Waals surface area contributed by atoms with Crippen molar-refractivity contribution in [1.82, 2.24) is 14.7 Å². The molecule has 29 heavy (non-hydrogen) atoms. The van der Waals surface area contributed by atoms with Crippen LogP contribution in [0.5, 0.6) is 5.75 Å². The van der Waals surface area contributed by atoms with Crippen LogP contribution in [0, 0.1) is 0 Å². The standard InChI is InChI=1S/C21H23N3O4S/c1-27-12-11-24-20(25)10-9-18(22-24)21(26)23(15-17-7-5-13-29-17)14-16-6-3-4-8-19(16)28-2/h3-10,13H,11-12,14-15H2,1-2H3. The van der Waals surface area contributed by atoms with Crippen LogP contribution in [-0.4, -0.2) is 41.4 Å². The molecule has 0 unspecified atom stereocenters. The first-order valence-corrected chi connectivity index (χ1v) is 10.0. The van der Waals surface area contributed by atoms with Gasteiger partial charge in [0, 0.05) is 23.6 Å². The van der Waals surface area contributed by atoms with Gasteiger partial charge in [0.1, 0.15) is 11.4 Å². The maximum absolute atomic E-state index is 13.3. The number of carbonyl (C=O) groups is 1. The molecule has 0 saturated heterocycles. The average molecular weight is 413 g/mol. The third-order valence-electron chi connectivity index (χ3n) is 4.36. The SMILES string of the molecule is COCCn1nc(C(=O)N(Cc2cccs2)Cc2ccccc2OC)ccc1=O. The van der Waals surface area contributed by atoms with Gasteiger partial charge in [-0.3, -0.25) is 9.59 Å². The summed E-state index contributed by atoms with van der Waals surface area (Å²) < 4.78 is 11.7. The van der Waals surface area contributed by atoms with Gasteiger partial charge in [-0.2, -0.15) is 5.10 Å². The lowest BCUT2D eigenvalue weighted by molar-refractivity contribution is 0.0720. The Hall–Kier alpha value is -2.97. The Morgan fingerprint density at radius 3 is 2.66 bits per heavy atom. The maximum Gasteiger partial charge on any atom is 0.274 e. The molecule has 0 radical (unpaired) electrons. The number of benzene rings is 1. The highest BCUT2D eigenvalue weighted by Gasteiger charge is 2.21. The van der Waals surface area contributed by atoms with E-state index in [1.807, 2.05) is 41.8 Å². The molecule has 1 amide bonds. The van der Waals surface area contributed by atoms with E-state index in [9.17, 15) is 9.59 Å². The number of hydrogen-bond donors (Lipinski definition) is 0. The monoisotopic (exact) mass is 413 g/mol. The van der Waals surface area contributed by atoms with Crippen LogP contribution in [0.15, 0.2) is 58.7 Å². The number of amides is 1. The molecule has 2 heterocycles. The highest BCUT2D eigenvalue weighted by molar-refractivity contribution is 7.09. The summed E-state index contributed by atoms with van der Waals surface area (Å²) in [5, 5.41) is 6.23. The van der Waals surface area contributed by atoms with Crippen LogP contribution in [-0.2, 0) is 24.4 Å². The molecule has 0 atom stereocenters. The summed E-state index contributed by atoms with van der Waals surface area (Å²) in [7, 11) is 3.16. The van der Waals surface area contributed by atoms with E-state index >= 15 is 0 Å². The van der Waals surface area contributed by atoms with Crippen molar-refractivity contribution in [3.05, 3.63) is 80.4 Å². The first-order chi connectivity index (χ1) is 14.1. The first kappa shape index (κ1) is 20.8. The molecule has 3 rings (SSSR count). The van der Waals surface area contributed by atoms with Crippen LogP contribution < -0.4 is 10.3 Å². The maximum atomic E-state index is 13.3. The van der Waals surface area contributed by atoms with Crippen LogP contribution in [0.25, 0.3) is 0 Å². The zero-order chi connectivity index (χ0) is 20.6. The minimum Gasteiger partial charge on any atom is -0.496 e. The Balaban J connectivity index is 1.91. The number of aromatic nitrogens is 2.